The monoisotopic (exact) mass is 188 g/mol. The van der Waals surface area contributed by atoms with Crippen molar-refractivity contribution in [1.82, 2.24) is 0 Å². The molecule has 0 saturated carbocycles. The Balaban J connectivity index is 2.76. The normalized spacial score (nSPS) is 10.6. The lowest BCUT2D eigenvalue weighted by Crippen LogP contribution is -1.88. The first-order valence-electron chi connectivity index (χ1n) is 5.68. The molecule has 0 spiro atoms. The van der Waals surface area contributed by atoms with Crippen LogP contribution in [0.4, 0.5) is 0 Å². The molecule has 0 rings (SSSR count). The first-order chi connectivity index (χ1) is 6.41. The minimum atomic E-state index is 0.496. The summed E-state index contributed by atoms with van der Waals surface area (Å²) in [5, 5.41) is 8.07. The molecule has 2 nitrogen and oxygen atoms in total. The van der Waals surface area contributed by atoms with Crippen molar-refractivity contribution in [3.63, 3.8) is 0 Å². The molecule has 13 heavy (non-hydrogen) atoms. The summed E-state index contributed by atoms with van der Waals surface area (Å²) in [4.78, 5) is 4.00. The number of hydrogen-bond acceptors (Lipinski definition) is 2. The SMILES string of the molecule is CCCCCCCCCCCOO. The van der Waals surface area contributed by atoms with Gasteiger partial charge >= 0.3 is 0 Å². The van der Waals surface area contributed by atoms with Crippen LogP contribution in [0.25, 0.3) is 0 Å². The molecule has 0 amide bonds. The van der Waals surface area contributed by atoms with E-state index in [9.17, 15) is 0 Å². The van der Waals surface area contributed by atoms with Crippen LogP contribution >= 0.6 is 0 Å². The third-order valence-electron chi connectivity index (χ3n) is 2.34. The third kappa shape index (κ3) is 11.9. The first-order valence-corrected chi connectivity index (χ1v) is 5.68. The Labute approximate surface area is 82.2 Å². The van der Waals surface area contributed by atoms with Crippen LogP contribution in [0.5, 0.6) is 0 Å². The van der Waals surface area contributed by atoms with Gasteiger partial charge in [-0.2, -0.15) is 0 Å². The maximum absolute atomic E-state index is 8.07. The molecule has 0 bridgehead atoms. The highest BCUT2D eigenvalue weighted by Gasteiger charge is 1.91. The van der Waals surface area contributed by atoms with Crippen molar-refractivity contribution in [2.45, 2.75) is 64.7 Å². The molecule has 0 saturated heterocycles. The molecule has 0 aromatic rings. The molecule has 0 aromatic heterocycles. The second kappa shape index (κ2) is 11.9. The summed E-state index contributed by atoms with van der Waals surface area (Å²) < 4.78 is 0. The van der Waals surface area contributed by atoms with Crippen LogP contribution in [-0.4, -0.2) is 11.9 Å². The lowest BCUT2D eigenvalue weighted by atomic mass is 10.1. The predicted molar refractivity (Wildman–Crippen MR) is 55.8 cm³/mol. The van der Waals surface area contributed by atoms with Crippen LogP contribution < -0.4 is 0 Å². The summed E-state index contributed by atoms with van der Waals surface area (Å²) in [5.41, 5.74) is 0. The minimum absolute atomic E-state index is 0.496. The first kappa shape index (κ1) is 12.9. The van der Waals surface area contributed by atoms with Crippen LogP contribution in [0, 0.1) is 0 Å². The number of rotatable bonds is 10. The van der Waals surface area contributed by atoms with E-state index in [1.807, 2.05) is 0 Å². The van der Waals surface area contributed by atoms with Gasteiger partial charge in [0, 0.05) is 0 Å². The molecule has 0 unspecified atom stereocenters. The Kier molecular flexibility index (Phi) is 11.8. The van der Waals surface area contributed by atoms with Crippen molar-refractivity contribution in [1.29, 1.82) is 0 Å². The standard InChI is InChI=1S/C11H24O2/c1-2-3-4-5-6-7-8-9-10-11-13-12/h12H,2-11H2,1H3. The molecular formula is C11H24O2. The van der Waals surface area contributed by atoms with Gasteiger partial charge < -0.3 is 0 Å². The Morgan fingerprint density at radius 3 is 1.69 bits per heavy atom. The van der Waals surface area contributed by atoms with Crippen molar-refractivity contribution in [3.8, 4) is 0 Å². The molecule has 0 aliphatic rings. The smallest absolute Gasteiger partial charge is 0.0819 e. The summed E-state index contributed by atoms with van der Waals surface area (Å²) in [7, 11) is 0. The summed E-state index contributed by atoms with van der Waals surface area (Å²) in [5.74, 6) is 0. The Bertz CT molecular complexity index is 74.2. The highest BCUT2D eigenvalue weighted by molar-refractivity contribution is 4.45. The van der Waals surface area contributed by atoms with Crippen molar-refractivity contribution in [2.75, 3.05) is 6.61 Å². The molecule has 0 radical (unpaired) electrons. The molecule has 0 aliphatic carbocycles. The Morgan fingerprint density at radius 1 is 0.769 bits per heavy atom. The van der Waals surface area contributed by atoms with Gasteiger partial charge in [0.15, 0.2) is 0 Å². The maximum Gasteiger partial charge on any atom is 0.0819 e. The quantitative estimate of drug-likeness (QED) is 0.319. The fourth-order valence-corrected chi connectivity index (χ4v) is 1.48. The summed E-state index contributed by atoms with van der Waals surface area (Å²) >= 11 is 0. The van der Waals surface area contributed by atoms with Gasteiger partial charge in [0.25, 0.3) is 0 Å². The van der Waals surface area contributed by atoms with Crippen LogP contribution in [-0.2, 0) is 4.89 Å². The van der Waals surface area contributed by atoms with E-state index in [1.54, 1.807) is 0 Å². The zero-order valence-corrected chi connectivity index (χ0v) is 8.93. The third-order valence-corrected chi connectivity index (χ3v) is 2.34. The highest BCUT2D eigenvalue weighted by atomic mass is 17.1. The largest absolute Gasteiger partial charge is 0.252 e. The van der Waals surface area contributed by atoms with Crippen LogP contribution in [0.3, 0.4) is 0 Å². The average molecular weight is 188 g/mol. The molecule has 0 fully saturated rings. The van der Waals surface area contributed by atoms with Gasteiger partial charge in [-0.3, -0.25) is 5.26 Å². The van der Waals surface area contributed by atoms with Gasteiger partial charge in [0.1, 0.15) is 0 Å². The van der Waals surface area contributed by atoms with E-state index in [2.05, 4.69) is 11.8 Å². The van der Waals surface area contributed by atoms with E-state index < -0.39 is 0 Å². The van der Waals surface area contributed by atoms with Crippen molar-refractivity contribution >= 4 is 0 Å². The second-order valence-electron chi connectivity index (χ2n) is 3.66. The maximum atomic E-state index is 8.07. The van der Waals surface area contributed by atoms with Crippen molar-refractivity contribution < 1.29 is 10.1 Å². The highest BCUT2D eigenvalue weighted by Crippen LogP contribution is 2.09. The lowest BCUT2D eigenvalue weighted by Gasteiger charge is -2.00. The Hall–Kier alpha value is -0.0800. The predicted octanol–water partition coefficient (Wildman–Crippen LogP) is 4.01. The van der Waals surface area contributed by atoms with E-state index in [0.29, 0.717) is 6.61 Å². The topological polar surface area (TPSA) is 29.5 Å². The van der Waals surface area contributed by atoms with Crippen LogP contribution in [0.1, 0.15) is 64.7 Å². The van der Waals surface area contributed by atoms with Gasteiger partial charge in [-0.1, -0.05) is 58.3 Å². The molecule has 0 heterocycles. The molecular weight excluding hydrogens is 164 g/mol. The molecule has 0 aliphatic heterocycles. The van der Waals surface area contributed by atoms with E-state index >= 15 is 0 Å². The van der Waals surface area contributed by atoms with E-state index in [4.69, 9.17) is 5.26 Å². The van der Waals surface area contributed by atoms with Gasteiger partial charge in [-0.25, -0.2) is 4.89 Å². The summed E-state index contributed by atoms with van der Waals surface area (Å²) in [6.45, 7) is 2.74. The van der Waals surface area contributed by atoms with Gasteiger partial charge in [-0.15, -0.1) is 0 Å². The zero-order valence-electron chi connectivity index (χ0n) is 8.93. The lowest BCUT2D eigenvalue weighted by molar-refractivity contribution is -0.242. The molecule has 1 N–H and O–H groups in total. The zero-order chi connectivity index (χ0) is 9.78. The second-order valence-corrected chi connectivity index (χ2v) is 3.66. The van der Waals surface area contributed by atoms with Crippen molar-refractivity contribution in [2.24, 2.45) is 0 Å². The van der Waals surface area contributed by atoms with Crippen LogP contribution in [0.2, 0.25) is 0 Å². The molecule has 0 aromatic carbocycles. The number of hydrogen-bond donors (Lipinski definition) is 1. The summed E-state index contributed by atoms with van der Waals surface area (Å²) in [6.07, 6.45) is 11.7. The fourth-order valence-electron chi connectivity index (χ4n) is 1.48. The molecule has 80 valence electrons. The minimum Gasteiger partial charge on any atom is -0.252 e. The van der Waals surface area contributed by atoms with Crippen LogP contribution in [0.15, 0.2) is 0 Å². The fraction of sp³-hybridized carbons (Fsp3) is 1.00. The van der Waals surface area contributed by atoms with Crippen molar-refractivity contribution in [3.05, 3.63) is 0 Å². The molecule has 0 atom stereocenters. The number of unbranched alkanes of at least 4 members (excludes halogenated alkanes) is 8. The van der Waals surface area contributed by atoms with Gasteiger partial charge in [0.2, 0.25) is 0 Å². The summed E-state index contributed by atoms with van der Waals surface area (Å²) in [6, 6.07) is 0. The molecule has 2 heteroatoms. The van der Waals surface area contributed by atoms with E-state index in [1.165, 1.54) is 51.4 Å². The van der Waals surface area contributed by atoms with E-state index in [-0.39, 0.29) is 0 Å². The average Bonchev–Trinajstić information content (AvgIpc) is 2.16. The Morgan fingerprint density at radius 2 is 1.23 bits per heavy atom. The van der Waals surface area contributed by atoms with E-state index in [0.717, 1.165) is 6.42 Å². The van der Waals surface area contributed by atoms with Gasteiger partial charge in [-0.05, 0) is 6.42 Å². The van der Waals surface area contributed by atoms with Gasteiger partial charge in [0.05, 0.1) is 6.61 Å².